The first-order valence-electron chi connectivity index (χ1n) is 8.83. The van der Waals surface area contributed by atoms with E-state index in [1.54, 1.807) is 9.95 Å². The topological polar surface area (TPSA) is 110 Å². The van der Waals surface area contributed by atoms with Crippen molar-refractivity contribution in [2.75, 3.05) is 10.0 Å². The SMILES string of the molecule is O=C(CCn1c(=O)sc2ccccc21)Nc1ccc(S(=O)(=O)Nc2nccs2)cc1. The maximum atomic E-state index is 12.3. The lowest BCUT2D eigenvalue weighted by molar-refractivity contribution is -0.116. The highest BCUT2D eigenvalue weighted by atomic mass is 32.2. The van der Waals surface area contributed by atoms with Gasteiger partial charge < -0.3 is 5.32 Å². The Balaban J connectivity index is 1.39. The summed E-state index contributed by atoms with van der Waals surface area (Å²) in [5.74, 6) is -0.270. The minimum absolute atomic E-state index is 0.0620. The monoisotopic (exact) mass is 460 g/mol. The molecule has 0 saturated heterocycles. The molecule has 1 amide bonds. The molecular weight excluding hydrogens is 444 g/mol. The third kappa shape index (κ3) is 4.42. The van der Waals surface area contributed by atoms with Crippen LogP contribution < -0.4 is 14.9 Å². The summed E-state index contributed by atoms with van der Waals surface area (Å²) in [6, 6.07) is 13.3. The zero-order valence-corrected chi connectivity index (χ0v) is 17.9. The minimum Gasteiger partial charge on any atom is -0.326 e. The molecule has 0 fully saturated rings. The Hall–Kier alpha value is -3.02. The number of carbonyl (C=O) groups is 1. The largest absolute Gasteiger partial charge is 0.326 e. The van der Waals surface area contributed by atoms with Crippen molar-refractivity contribution in [3.05, 3.63) is 69.8 Å². The number of nitrogens with zero attached hydrogens (tertiary/aromatic N) is 2. The van der Waals surface area contributed by atoms with Gasteiger partial charge in [-0.15, -0.1) is 11.3 Å². The van der Waals surface area contributed by atoms with Crippen LogP contribution in [-0.2, 0) is 21.4 Å². The molecule has 0 aliphatic rings. The molecule has 4 aromatic rings. The van der Waals surface area contributed by atoms with Gasteiger partial charge in [-0.3, -0.25) is 18.9 Å². The summed E-state index contributed by atoms with van der Waals surface area (Å²) >= 11 is 2.33. The van der Waals surface area contributed by atoms with Gasteiger partial charge in [-0.25, -0.2) is 13.4 Å². The number of nitrogens with one attached hydrogen (secondary N) is 2. The van der Waals surface area contributed by atoms with Crippen LogP contribution in [0.25, 0.3) is 10.2 Å². The molecule has 154 valence electrons. The first-order valence-corrected chi connectivity index (χ1v) is 12.0. The fourth-order valence-corrected chi connectivity index (χ4v) is 5.53. The van der Waals surface area contributed by atoms with Gasteiger partial charge >= 0.3 is 4.87 Å². The molecule has 0 bridgehead atoms. The van der Waals surface area contributed by atoms with Crippen molar-refractivity contribution in [3.63, 3.8) is 0 Å². The number of hydrogen-bond acceptors (Lipinski definition) is 7. The Morgan fingerprint density at radius 3 is 2.60 bits per heavy atom. The number of amides is 1. The number of aromatic nitrogens is 2. The van der Waals surface area contributed by atoms with Gasteiger partial charge in [-0.05, 0) is 36.4 Å². The number of rotatable bonds is 7. The molecule has 11 heteroatoms. The maximum absolute atomic E-state index is 12.3. The van der Waals surface area contributed by atoms with E-state index in [2.05, 4.69) is 15.0 Å². The van der Waals surface area contributed by atoms with Gasteiger partial charge in [0.25, 0.3) is 10.0 Å². The summed E-state index contributed by atoms with van der Waals surface area (Å²) in [4.78, 5) is 28.3. The van der Waals surface area contributed by atoms with Crippen LogP contribution in [0.15, 0.2) is 69.8 Å². The van der Waals surface area contributed by atoms with Crippen molar-refractivity contribution in [1.82, 2.24) is 9.55 Å². The molecule has 2 heterocycles. The fourth-order valence-electron chi connectivity index (χ4n) is 2.83. The number of hydrogen-bond donors (Lipinski definition) is 2. The molecule has 0 aliphatic heterocycles. The summed E-state index contributed by atoms with van der Waals surface area (Å²) in [6.07, 6.45) is 1.63. The van der Waals surface area contributed by atoms with E-state index in [1.807, 2.05) is 24.3 Å². The molecule has 30 heavy (non-hydrogen) atoms. The molecule has 0 saturated carbocycles. The van der Waals surface area contributed by atoms with Gasteiger partial charge in [0.1, 0.15) is 0 Å². The van der Waals surface area contributed by atoms with Crippen molar-refractivity contribution in [1.29, 1.82) is 0 Å². The molecule has 0 aliphatic carbocycles. The van der Waals surface area contributed by atoms with Gasteiger partial charge in [-0.2, -0.15) is 0 Å². The summed E-state index contributed by atoms with van der Waals surface area (Å²) in [5, 5.41) is 4.67. The highest BCUT2D eigenvalue weighted by molar-refractivity contribution is 7.93. The van der Waals surface area contributed by atoms with E-state index in [-0.39, 0.29) is 33.8 Å². The maximum Gasteiger partial charge on any atom is 0.308 e. The molecular formula is C19H16N4O4S3. The first-order chi connectivity index (χ1) is 14.4. The van der Waals surface area contributed by atoms with E-state index in [0.717, 1.165) is 21.6 Å². The van der Waals surface area contributed by atoms with Crippen molar-refractivity contribution in [2.45, 2.75) is 17.9 Å². The van der Waals surface area contributed by atoms with Crippen LogP contribution in [0, 0.1) is 0 Å². The quantitative estimate of drug-likeness (QED) is 0.439. The zero-order valence-electron chi connectivity index (χ0n) is 15.4. The molecule has 0 unspecified atom stereocenters. The summed E-state index contributed by atoms with van der Waals surface area (Å²) < 4.78 is 29.5. The Bertz CT molecular complexity index is 1340. The third-order valence-corrected chi connectivity index (χ3v) is 7.37. The first kappa shape index (κ1) is 20.3. The second-order valence-corrected chi connectivity index (χ2v) is 9.82. The second-order valence-electron chi connectivity index (χ2n) is 6.25. The standard InChI is InChI=1S/C19H16N4O4S3/c24-17(9-11-23-15-3-1-2-4-16(15)29-19(23)25)21-13-5-7-14(8-6-13)30(26,27)22-18-20-10-12-28-18/h1-8,10,12H,9,11H2,(H,20,22)(H,21,24). The average Bonchev–Trinajstić information content (AvgIpc) is 3.33. The predicted molar refractivity (Wildman–Crippen MR) is 119 cm³/mol. The van der Waals surface area contributed by atoms with Gasteiger partial charge in [0.05, 0.1) is 15.1 Å². The van der Waals surface area contributed by atoms with Crippen molar-refractivity contribution < 1.29 is 13.2 Å². The lowest BCUT2D eigenvalue weighted by Gasteiger charge is -2.08. The van der Waals surface area contributed by atoms with Crippen molar-refractivity contribution in [3.8, 4) is 0 Å². The highest BCUT2D eigenvalue weighted by Crippen LogP contribution is 2.20. The fraction of sp³-hybridized carbons (Fsp3) is 0.105. The van der Waals surface area contributed by atoms with E-state index in [0.29, 0.717) is 5.69 Å². The number of thiazole rings is 2. The number of aryl methyl sites for hydroxylation is 1. The predicted octanol–water partition coefficient (Wildman–Crippen LogP) is 3.35. The smallest absolute Gasteiger partial charge is 0.308 e. The van der Waals surface area contributed by atoms with Crippen molar-refractivity contribution in [2.24, 2.45) is 0 Å². The normalized spacial score (nSPS) is 11.5. The molecule has 0 spiro atoms. The van der Waals surface area contributed by atoms with Crippen LogP contribution >= 0.6 is 22.7 Å². The van der Waals surface area contributed by atoms with Gasteiger partial charge in [0, 0.05) is 30.2 Å². The molecule has 0 radical (unpaired) electrons. The number of para-hydroxylation sites is 1. The molecule has 0 atom stereocenters. The Labute approximate surface area is 179 Å². The lowest BCUT2D eigenvalue weighted by atomic mass is 10.3. The summed E-state index contributed by atoms with van der Waals surface area (Å²) in [7, 11) is -3.75. The van der Waals surface area contributed by atoms with Crippen LogP contribution in [0.2, 0.25) is 0 Å². The average molecular weight is 461 g/mol. The number of anilines is 2. The van der Waals surface area contributed by atoms with Gasteiger partial charge in [-0.1, -0.05) is 23.5 Å². The van der Waals surface area contributed by atoms with Crippen LogP contribution in [0.5, 0.6) is 0 Å². The lowest BCUT2D eigenvalue weighted by Crippen LogP contribution is -2.19. The van der Waals surface area contributed by atoms with E-state index in [4.69, 9.17) is 0 Å². The van der Waals surface area contributed by atoms with Crippen molar-refractivity contribution >= 4 is 59.6 Å². The number of sulfonamides is 1. The summed E-state index contributed by atoms with van der Waals surface area (Å²) in [5.41, 5.74) is 1.28. The van der Waals surface area contributed by atoms with Gasteiger partial charge in [0.2, 0.25) is 5.91 Å². The highest BCUT2D eigenvalue weighted by Gasteiger charge is 2.15. The van der Waals surface area contributed by atoms with Gasteiger partial charge in [0.15, 0.2) is 5.13 Å². The molecule has 8 nitrogen and oxygen atoms in total. The Morgan fingerprint density at radius 2 is 1.87 bits per heavy atom. The van der Waals surface area contributed by atoms with Crippen LogP contribution in [0.1, 0.15) is 6.42 Å². The minimum atomic E-state index is -3.75. The van der Waals surface area contributed by atoms with E-state index in [9.17, 15) is 18.0 Å². The van der Waals surface area contributed by atoms with Crippen LogP contribution in [0.3, 0.4) is 0 Å². The summed E-state index contributed by atoms with van der Waals surface area (Å²) in [6.45, 7) is 0.263. The molecule has 4 rings (SSSR count). The Kier molecular flexibility index (Phi) is 5.66. The van der Waals surface area contributed by atoms with E-state index < -0.39 is 10.0 Å². The van der Waals surface area contributed by atoms with E-state index >= 15 is 0 Å². The molecule has 2 aromatic carbocycles. The van der Waals surface area contributed by atoms with Crippen LogP contribution in [-0.4, -0.2) is 23.9 Å². The molecule has 2 N–H and O–H groups in total. The Morgan fingerprint density at radius 1 is 1.10 bits per heavy atom. The molecule has 2 aromatic heterocycles. The van der Waals surface area contributed by atoms with Crippen LogP contribution in [0.4, 0.5) is 10.8 Å². The number of benzene rings is 2. The van der Waals surface area contributed by atoms with E-state index in [1.165, 1.54) is 41.8 Å². The zero-order chi connectivity index (χ0) is 21.1. The third-order valence-electron chi connectivity index (χ3n) is 4.24. The number of carbonyl (C=O) groups excluding carboxylic acids is 1. The number of fused-ring (bicyclic) bond motifs is 1. The second kappa shape index (κ2) is 8.38.